The van der Waals surface area contributed by atoms with Gasteiger partial charge >= 0.3 is 0 Å². The topological polar surface area (TPSA) is 79.4 Å². The minimum absolute atomic E-state index is 0.113. The van der Waals surface area contributed by atoms with Gasteiger partial charge in [0.25, 0.3) is 5.91 Å². The molecule has 0 aliphatic carbocycles. The first-order valence-electron chi connectivity index (χ1n) is 7.24. The van der Waals surface area contributed by atoms with Crippen molar-refractivity contribution in [3.8, 4) is 0 Å². The monoisotopic (exact) mass is 351 g/mol. The van der Waals surface area contributed by atoms with Crippen LogP contribution in [0, 0.1) is 5.82 Å². The molecule has 6 nitrogen and oxygen atoms in total. The molecule has 128 valence electrons. The van der Waals surface area contributed by atoms with Gasteiger partial charge in [0.15, 0.2) is 0 Å². The molecule has 1 amide bonds. The summed E-state index contributed by atoms with van der Waals surface area (Å²) in [5.74, 6) is -0.954. The van der Waals surface area contributed by atoms with Gasteiger partial charge in [-0.05, 0) is 35.9 Å². The number of aromatic nitrogens is 1. The highest BCUT2D eigenvalue weighted by Crippen LogP contribution is 2.07. The van der Waals surface area contributed by atoms with Gasteiger partial charge in [-0.2, -0.15) is 4.31 Å². The molecule has 0 saturated carbocycles. The van der Waals surface area contributed by atoms with Crippen LogP contribution in [0.25, 0.3) is 0 Å². The second-order valence-electron chi connectivity index (χ2n) is 5.22. The number of nitrogens with one attached hydrogen (secondary N) is 1. The predicted molar refractivity (Wildman–Crippen MR) is 88.2 cm³/mol. The van der Waals surface area contributed by atoms with Gasteiger partial charge in [-0.1, -0.05) is 6.07 Å². The summed E-state index contributed by atoms with van der Waals surface area (Å²) in [5.41, 5.74) is 0.988. The number of carbonyl (C=O) groups is 1. The summed E-state index contributed by atoms with van der Waals surface area (Å²) in [6, 6.07) is 8.75. The summed E-state index contributed by atoms with van der Waals surface area (Å²) in [7, 11) is -3.43. The zero-order chi connectivity index (χ0) is 17.6. The van der Waals surface area contributed by atoms with E-state index in [1.807, 2.05) is 0 Å². The lowest BCUT2D eigenvalue weighted by atomic mass is 10.2. The van der Waals surface area contributed by atoms with Crippen molar-refractivity contribution in [1.29, 1.82) is 0 Å². The maximum atomic E-state index is 13.1. The first kappa shape index (κ1) is 18.0. The van der Waals surface area contributed by atoms with E-state index in [0.717, 1.165) is 17.9 Å². The van der Waals surface area contributed by atoms with Crippen LogP contribution < -0.4 is 5.32 Å². The van der Waals surface area contributed by atoms with Crippen LogP contribution >= 0.6 is 0 Å². The number of halogens is 1. The van der Waals surface area contributed by atoms with Crippen LogP contribution in [0.15, 0.2) is 48.8 Å². The Morgan fingerprint density at radius 1 is 1.25 bits per heavy atom. The molecular formula is C16H18FN3O3S. The molecule has 0 atom stereocenters. The van der Waals surface area contributed by atoms with Gasteiger partial charge in [0.05, 0.1) is 6.26 Å². The normalized spacial score (nSPS) is 11.5. The molecule has 0 radical (unpaired) electrons. The Balaban J connectivity index is 1.95. The number of pyridine rings is 1. The smallest absolute Gasteiger partial charge is 0.251 e. The van der Waals surface area contributed by atoms with Crippen molar-refractivity contribution >= 4 is 15.9 Å². The Morgan fingerprint density at radius 3 is 2.58 bits per heavy atom. The van der Waals surface area contributed by atoms with Crippen molar-refractivity contribution in [2.24, 2.45) is 0 Å². The van der Waals surface area contributed by atoms with Gasteiger partial charge in [-0.15, -0.1) is 0 Å². The third-order valence-corrected chi connectivity index (χ3v) is 4.56. The average Bonchev–Trinajstić information content (AvgIpc) is 2.54. The SMILES string of the molecule is CS(=O)(=O)N(CCNC(=O)c1cccc(F)c1)Cc1ccncc1. The zero-order valence-corrected chi connectivity index (χ0v) is 14.0. The van der Waals surface area contributed by atoms with Crippen LogP contribution in [0.4, 0.5) is 4.39 Å². The van der Waals surface area contributed by atoms with Crippen LogP contribution in [0.3, 0.4) is 0 Å². The molecule has 1 aromatic carbocycles. The van der Waals surface area contributed by atoms with Gasteiger partial charge in [0, 0.05) is 37.6 Å². The molecule has 24 heavy (non-hydrogen) atoms. The third kappa shape index (κ3) is 5.39. The number of amides is 1. The molecule has 1 aromatic heterocycles. The molecule has 0 bridgehead atoms. The summed E-state index contributed by atoms with van der Waals surface area (Å²) in [6.45, 7) is 0.424. The van der Waals surface area contributed by atoms with Crippen LogP contribution in [-0.4, -0.2) is 43.0 Å². The summed E-state index contributed by atoms with van der Waals surface area (Å²) >= 11 is 0. The average molecular weight is 351 g/mol. The summed E-state index contributed by atoms with van der Waals surface area (Å²) in [6.07, 6.45) is 4.28. The summed E-state index contributed by atoms with van der Waals surface area (Å²) < 4.78 is 38.1. The first-order chi connectivity index (χ1) is 11.4. The molecule has 0 saturated heterocycles. The number of carbonyl (C=O) groups excluding carboxylic acids is 1. The Morgan fingerprint density at radius 2 is 1.96 bits per heavy atom. The van der Waals surface area contributed by atoms with E-state index in [-0.39, 0.29) is 25.2 Å². The van der Waals surface area contributed by atoms with E-state index in [1.165, 1.54) is 22.5 Å². The Bertz CT molecular complexity index is 797. The van der Waals surface area contributed by atoms with Crippen LogP contribution in [0.2, 0.25) is 0 Å². The Labute approximate surface area is 140 Å². The number of benzene rings is 1. The van der Waals surface area contributed by atoms with E-state index < -0.39 is 21.7 Å². The molecule has 0 aliphatic heterocycles. The minimum atomic E-state index is -3.43. The molecule has 0 unspecified atom stereocenters. The van der Waals surface area contributed by atoms with Crippen molar-refractivity contribution in [1.82, 2.24) is 14.6 Å². The van der Waals surface area contributed by atoms with E-state index in [0.29, 0.717) is 0 Å². The largest absolute Gasteiger partial charge is 0.351 e. The Hall–Kier alpha value is -2.32. The number of rotatable bonds is 7. The predicted octanol–water partition coefficient (Wildman–Crippen LogP) is 1.41. The standard InChI is InChI=1S/C16H18FN3O3S/c1-24(22,23)20(12-13-5-7-18-8-6-13)10-9-19-16(21)14-3-2-4-15(17)11-14/h2-8,11H,9-10,12H2,1H3,(H,19,21). The molecule has 2 rings (SSSR count). The molecule has 8 heteroatoms. The fourth-order valence-electron chi connectivity index (χ4n) is 2.08. The van der Waals surface area contributed by atoms with Crippen LogP contribution in [0.5, 0.6) is 0 Å². The minimum Gasteiger partial charge on any atom is -0.351 e. The maximum absolute atomic E-state index is 13.1. The maximum Gasteiger partial charge on any atom is 0.251 e. The highest BCUT2D eigenvalue weighted by Gasteiger charge is 2.17. The first-order valence-corrected chi connectivity index (χ1v) is 9.09. The van der Waals surface area contributed by atoms with Crippen molar-refractivity contribution in [3.05, 3.63) is 65.7 Å². The van der Waals surface area contributed by atoms with Crippen molar-refractivity contribution in [2.45, 2.75) is 6.54 Å². The summed E-state index contributed by atoms with van der Waals surface area (Å²) in [4.78, 5) is 15.8. The molecule has 0 aliphatic rings. The fourth-order valence-corrected chi connectivity index (χ4v) is 2.89. The summed E-state index contributed by atoms with van der Waals surface area (Å²) in [5, 5.41) is 2.59. The lowest BCUT2D eigenvalue weighted by Gasteiger charge is -2.20. The van der Waals surface area contributed by atoms with E-state index in [9.17, 15) is 17.6 Å². The lowest BCUT2D eigenvalue weighted by Crippen LogP contribution is -2.37. The van der Waals surface area contributed by atoms with E-state index >= 15 is 0 Å². The fraction of sp³-hybridized carbons (Fsp3) is 0.250. The van der Waals surface area contributed by atoms with E-state index in [2.05, 4.69) is 10.3 Å². The van der Waals surface area contributed by atoms with Crippen molar-refractivity contribution in [3.63, 3.8) is 0 Å². The second-order valence-corrected chi connectivity index (χ2v) is 7.20. The number of hydrogen-bond donors (Lipinski definition) is 1. The van der Waals surface area contributed by atoms with Gasteiger partial charge in [0.2, 0.25) is 10.0 Å². The molecule has 1 N–H and O–H groups in total. The quantitative estimate of drug-likeness (QED) is 0.818. The Kier molecular flexibility index (Phi) is 5.99. The van der Waals surface area contributed by atoms with Gasteiger partial charge in [0.1, 0.15) is 5.82 Å². The lowest BCUT2D eigenvalue weighted by molar-refractivity contribution is 0.0951. The second kappa shape index (κ2) is 7.98. The molecule has 0 fully saturated rings. The van der Waals surface area contributed by atoms with Crippen LogP contribution in [-0.2, 0) is 16.6 Å². The van der Waals surface area contributed by atoms with Gasteiger partial charge in [-0.3, -0.25) is 9.78 Å². The zero-order valence-electron chi connectivity index (χ0n) is 13.1. The van der Waals surface area contributed by atoms with Gasteiger partial charge in [-0.25, -0.2) is 12.8 Å². The molecule has 0 spiro atoms. The van der Waals surface area contributed by atoms with E-state index in [1.54, 1.807) is 24.5 Å². The van der Waals surface area contributed by atoms with Crippen LogP contribution in [0.1, 0.15) is 15.9 Å². The van der Waals surface area contributed by atoms with Gasteiger partial charge < -0.3 is 5.32 Å². The number of hydrogen-bond acceptors (Lipinski definition) is 4. The number of sulfonamides is 1. The van der Waals surface area contributed by atoms with Crippen molar-refractivity contribution in [2.75, 3.05) is 19.3 Å². The molecular weight excluding hydrogens is 333 g/mol. The highest BCUT2D eigenvalue weighted by molar-refractivity contribution is 7.88. The van der Waals surface area contributed by atoms with E-state index in [4.69, 9.17) is 0 Å². The highest BCUT2D eigenvalue weighted by atomic mass is 32.2. The third-order valence-electron chi connectivity index (χ3n) is 3.31. The molecule has 2 aromatic rings. The number of nitrogens with zero attached hydrogens (tertiary/aromatic N) is 2. The molecule has 1 heterocycles. The van der Waals surface area contributed by atoms with Crippen molar-refractivity contribution < 1.29 is 17.6 Å².